The highest BCUT2D eigenvalue weighted by molar-refractivity contribution is 7.15. The molecule has 0 bridgehead atoms. The molecule has 4 rings (SSSR count). The highest BCUT2D eigenvalue weighted by atomic mass is 35.5. The van der Waals surface area contributed by atoms with Crippen LogP contribution in [0, 0.1) is 5.82 Å². The van der Waals surface area contributed by atoms with Crippen LogP contribution in [0.3, 0.4) is 0 Å². The van der Waals surface area contributed by atoms with Gasteiger partial charge in [0.2, 0.25) is 5.91 Å². The van der Waals surface area contributed by atoms with Gasteiger partial charge in [0.1, 0.15) is 18.4 Å². The number of carbonyl (C=O) groups is 1. The number of aromatic nitrogens is 2. The SMILES string of the molecule is O=C(Cn1cnc2csc(-c3ccc(Cl)c(F)c3)c2c1=O)N1CCCC1C(F)(F)F. The molecule has 0 saturated carbocycles. The molecule has 0 aliphatic carbocycles. The number of likely N-dealkylation sites (tertiary alicyclic amines) is 1. The Balaban J connectivity index is 1.69. The van der Waals surface area contributed by atoms with E-state index in [1.807, 2.05) is 0 Å². The second kappa shape index (κ2) is 7.66. The summed E-state index contributed by atoms with van der Waals surface area (Å²) in [5, 5.41) is 1.72. The molecular weight excluding hydrogens is 446 g/mol. The smallest absolute Gasteiger partial charge is 0.329 e. The van der Waals surface area contributed by atoms with Gasteiger partial charge < -0.3 is 4.90 Å². The molecule has 0 radical (unpaired) electrons. The van der Waals surface area contributed by atoms with Crippen LogP contribution in [0.2, 0.25) is 5.02 Å². The van der Waals surface area contributed by atoms with E-state index in [1.165, 1.54) is 23.5 Å². The van der Waals surface area contributed by atoms with Gasteiger partial charge in [0.05, 0.1) is 22.3 Å². The molecule has 3 aromatic rings. The lowest BCUT2D eigenvalue weighted by molar-refractivity contribution is -0.183. The van der Waals surface area contributed by atoms with Crippen molar-refractivity contribution in [3.63, 3.8) is 0 Å². The van der Waals surface area contributed by atoms with Gasteiger partial charge in [0.25, 0.3) is 5.56 Å². The molecule has 1 atom stereocenters. The van der Waals surface area contributed by atoms with Crippen LogP contribution in [0.15, 0.2) is 34.7 Å². The van der Waals surface area contributed by atoms with Crippen LogP contribution in [0.1, 0.15) is 12.8 Å². The minimum Gasteiger partial charge on any atom is -0.329 e. The number of halogens is 5. The average Bonchev–Trinajstić information content (AvgIpc) is 3.33. The fourth-order valence-corrected chi connectivity index (χ4v) is 4.68. The van der Waals surface area contributed by atoms with Gasteiger partial charge in [-0.25, -0.2) is 9.37 Å². The highest BCUT2D eigenvalue weighted by Gasteiger charge is 2.47. The Morgan fingerprint density at radius 1 is 1.33 bits per heavy atom. The molecule has 1 fully saturated rings. The maximum atomic E-state index is 13.9. The fraction of sp³-hybridized carbons (Fsp3) is 0.316. The summed E-state index contributed by atoms with van der Waals surface area (Å²) >= 11 is 6.88. The van der Waals surface area contributed by atoms with Crippen molar-refractivity contribution in [1.29, 1.82) is 0 Å². The topological polar surface area (TPSA) is 55.2 Å². The van der Waals surface area contributed by atoms with Crippen molar-refractivity contribution >= 4 is 39.7 Å². The van der Waals surface area contributed by atoms with Gasteiger partial charge in [-0.3, -0.25) is 14.2 Å². The van der Waals surface area contributed by atoms with Crippen LogP contribution >= 0.6 is 22.9 Å². The Morgan fingerprint density at radius 3 is 2.80 bits per heavy atom. The number of amides is 1. The molecule has 158 valence electrons. The molecule has 1 amide bonds. The fourth-order valence-electron chi connectivity index (χ4n) is 3.58. The van der Waals surface area contributed by atoms with E-state index >= 15 is 0 Å². The molecular formula is C19H14ClF4N3O2S. The third-order valence-corrected chi connectivity index (χ3v) is 6.34. The highest BCUT2D eigenvalue weighted by Crippen LogP contribution is 2.34. The number of rotatable bonds is 3. The van der Waals surface area contributed by atoms with E-state index < -0.39 is 36.0 Å². The summed E-state index contributed by atoms with van der Waals surface area (Å²) in [7, 11) is 0. The van der Waals surface area contributed by atoms with Gasteiger partial charge in [-0.1, -0.05) is 17.7 Å². The first kappa shape index (κ1) is 20.8. The molecule has 3 heterocycles. The summed E-state index contributed by atoms with van der Waals surface area (Å²) < 4.78 is 54.3. The predicted octanol–water partition coefficient (Wildman–Crippen LogP) is 4.47. The van der Waals surface area contributed by atoms with Crippen molar-refractivity contribution in [1.82, 2.24) is 14.5 Å². The van der Waals surface area contributed by atoms with E-state index in [2.05, 4.69) is 4.98 Å². The van der Waals surface area contributed by atoms with E-state index in [1.54, 1.807) is 11.4 Å². The largest absolute Gasteiger partial charge is 0.408 e. The van der Waals surface area contributed by atoms with E-state index in [-0.39, 0.29) is 29.8 Å². The van der Waals surface area contributed by atoms with Crippen molar-refractivity contribution in [2.24, 2.45) is 0 Å². The number of carbonyl (C=O) groups excluding carboxylic acids is 1. The normalized spacial score (nSPS) is 17.1. The minimum absolute atomic E-state index is 0.0127. The van der Waals surface area contributed by atoms with E-state index in [4.69, 9.17) is 11.6 Å². The van der Waals surface area contributed by atoms with E-state index in [0.717, 1.165) is 15.8 Å². The zero-order valence-corrected chi connectivity index (χ0v) is 16.8. The van der Waals surface area contributed by atoms with Gasteiger partial charge in [-0.05, 0) is 30.5 Å². The summed E-state index contributed by atoms with van der Waals surface area (Å²) in [6.07, 6.45) is -3.28. The standard InChI is InChI=1S/C19H14ClF4N3O2S/c20-11-4-3-10(6-12(11)21)17-16-13(8-30-17)25-9-26(18(16)29)7-15(28)27-5-1-2-14(27)19(22,23)24/h3-4,6,8-9,14H,1-2,5,7H2. The molecule has 1 aromatic carbocycles. The first-order valence-corrected chi connectivity index (χ1v) is 10.2. The lowest BCUT2D eigenvalue weighted by atomic mass is 10.1. The number of benzene rings is 1. The monoisotopic (exact) mass is 459 g/mol. The molecule has 0 N–H and O–H groups in total. The Bertz CT molecular complexity index is 1190. The first-order valence-electron chi connectivity index (χ1n) is 8.95. The lowest BCUT2D eigenvalue weighted by Gasteiger charge is -2.26. The van der Waals surface area contributed by atoms with Gasteiger partial charge in [0, 0.05) is 16.8 Å². The Kier molecular flexibility index (Phi) is 5.31. The number of hydrogen-bond donors (Lipinski definition) is 0. The van der Waals surface area contributed by atoms with E-state index in [0.29, 0.717) is 16.0 Å². The van der Waals surface area contributed by atoms with Crippen LogP contribution in [-0.2, 0) is 11.3 Å². The number of alkyl halides is 3. The number of thiophene rings is 1. The molecule has 2 aromatic heterocycles. The summed E-state index contributed by atoms with van der Waals surface area (Å²) in [4.78, 5) is 30.8. The van der Waals surface area contributed by atoms with Crippen LogP contribution in [0.5, 0.6) is 0 Å². The summed E-state index contributed by atoms with van der Waals surface area (Å²) in [5.41, 5.74) is 0.188. The van der Waals surface area contributed by atoms with Crippen LogP contribution in [0.4, 0.5) is 17.6 Å². The number of hydrogen-bond acceptors (Lipinski definition) is 4. The van der Waals surface area contributed by atoms with Gasteiger partial charge in [-0.15, -0.1) is 11.3 Å². The maximum Gasteiger partial charge on any atom is 0.408 e. The minimum atomic E-state index is -4.52. The molecule has 0 spiro atoms. The summed E-state index contributed by atoms with van der Waals surface area (Å²) in [6, 6.07) is 2.26. The molecule has 1 aliphatic heterocycles. The average molecular weight is 460 g/mol. The van der Waals surface area contributed by atoms with Crippen LogP contribution in [0.25, 0.3) is 21.3 Å². The molecule has 5 nitrogen and oxygen atoms in total. The number of nitrogens with zero attached hydrogens (tertiary/aromatic N) is 3. The van der Waals surface area contributed by atoms with E-state index in [9.17, 15) is 27.2 Å². The Hall–Kier alpha value is -2.46. The lowest BCUT2D eigenvalue weighted by Crippen LogP contribution is -2.46. The second-order valence-electron chi connectivity index (χ2n) is 6.92. The van der Waals surface area contributed by atoms with Crippen molar-refractivity contribution in [3.8, 4) is 10.4 Å². The first-order chi connectivity index (χ1) is 14.2. The molecule has 1 unspecified atom stereocenters. The summed E-state index contributed by atoms with van der Waals surface area (Å²) in [5.74, 6) is -1.45. The Labute approximate surface area is 176 Å². The van der Waals surface area contributed by atoms with Crippen molar-refractivity contribution in [2.75, 3.05) is 6.54 Å². The van der Waals surface area contributed by atoms with Gasteiger partial charge >= 0.3 is 6.18 Å². The zero-order valence-electron chi connectivity index (χ0n) is 15.2. The summed E-state index contributed by atoms with van der Waals surface area (Å²) in [6.45, 7) is -0.570. The molecule has 1 aliphatic rings. The molecule has 1 saturated heterocycles. The van der Waals surface area contributed by atoms with Gasteiger partial charge in [-0.2, -0.15) is 13.2 Å². The van der Waals surface area contributed by atoms with Crippen molar-refractivity contribution in [3.05, 3.63) is 51.1 Å². The molecule has 30 heavy (non-hydrogen) atoms. The third-order valence-electron chi connectivity index (χ3n) is 5.02. The second-order valence-corrected chi connectivity index (χ2v) is 8.21. The van der Waals surface area contributed by atoms with Crippen molar-refractivity contribution in [2.45, 2.75) is 31.6 Å². The predicted molar refractivity (Wildman–Crippen MR) is 105 cm³/mol. The van der Waals surface area contributed by atoms with Crippen molar-refractivity contribution < 1.29 is 22.4 Å². The Morgan fingerprint density at radius 2 is 2.10 bits per heavy atom. The van der Waals surface area contributed by atoms with Gasteiger partial charge in [0.15, 0.2) is 0 Å². The maximum absolute atomic E-state index is 13.9. The zero-order chi connectivity index (χ0) is 21.6. The molecule has 11 heteroatoms. The van der Waals surface area contributed by atoms with Crippen LogP contribution in [-0.4, -0.2) is 39.1 Å². The number of fused-ring (bicyclic) bond motifs is 1. The quantitative estimate of drug-likeness (QED) is 0.543. The third kappa shape index (κ3) is 3.69. The van der Waals surface area contributed by atoms with Crippen LogP contribution < -0.4 is 5.56 Å².